The molecule has 4 nitrogen and oxygen atoms in total. The molecule has 2 atom stereocenters. The summed E-state index contributed by atoms with van der Waals surface area (Å²) in [5.41, 5.74) is 2.43. The van der Waals surface area contributed by atoms with Crippen LogP contribution in [0.15, 0.2) is 12.1 Å². The first kappa shape index (κ1) is 16.8. The minimum absolute atomic E-state index is 0.106. The van der Waals surface area contributed by atoms with Crippen molar-refractivity contribution in [3.63, 3.8) is 0 Å². The first-order valence-corrected chi connectivity index (χ1v) is 9.63. The molecule has 0 radical (unpaired) electrons. The maximum Gasteiger partial charge on any atom is 0.227 e. The molecule has 3 fully saturated rings. The first-order chi connectivity index (χ1) is 12.1. The molecular formula is C20H22ClNO3. The lowest BCUT2D eigenvalue weighted by molar-refractivity contribution is -0.119. The number of hydrogen-bond donors (Lipinski definition) is 0. The predicted molar refractivity (Wildman–Crippen MR) is 96.2 cm³/mol. The Balaban J connectivity index is 1.83. The normalized spacial score (nSPS) is 26.9. The van der Waals surface area contributed by atoms with Crippen molar-refractivity contribution in [2.75, 3.05) is 11.4 Å². The van der Waals surface area contributed by atoms with E-state index in [4.69, 9.17) is 11.6 Å². The summed E-state index contributed by atoms with van der Waals surface area (Å²) >= 11 is 6.71. The van der Waals surface area contributed by atoms with Gasteiger partial charge >= 0.3 is 0 Å². The van der Waals surface area contributed by atoms with Crippen LogP contribution in [0, 0.1) is 0 Å². The molecule has 1 saturated heterocycles. The molecule has 1 aromatic rings. The summed E-state index contributed by atoms with van der Waals surface area (Å²) in [4.78, 5) is 38.6. The van der Waals surface area contributed by atoms with E-state index >= 15 is 0 Å². The highest BCUT2D eigenvalue weighted by molar-refractivity contribution is 6.33. The summed E-state index contributed by atoms with van der Waals surface area (Å²) < 4.78 is 0. The van der Waals surface area contributed by atoms with Gasteiger partial charge in [0.05, 0.1) is 0 Å². The zero-order chi connectivity index (χ0) is 17.6. The molecule has 4 rings (SSSR count). The van der Waals surface area contributed by atoms with Gasteiger partial charge in [0.25, 0.3) is 0 Å². The maximum absolute atomic E-state index is 12.3. The molecule has 0 bridgehead atoms. The molecule has 2 saturated carbocycles. The average Bonchev–Trinajstić information content (AvgIpc) is 3.30. The Morgan fingerprint density at radius 1 is 0.840 bits per heavy atom. The summed E-state index contributed by atoms with van der Waals surface area (Å²) in [6, 6.07) is 3.84. The van der Waals surface area contributed by atoms with Gasteiger partial charge in [-0.15, -0.1) is 0 Å². The molecule has 0 N–H and O–H groups in total. The van der Waals surface area contributed by atoms with Gasteiger partial charge in [0, 0.05) is 48.4 Å². The molecule has 5 heteroatoms. The molecule has 1 heterocycles. The Bertz CT molecular complexity index is 710. The number of hydrogen-bond acceptors (Lipinski definition) is 3. The Morgan fingerprint density at radius 3 is 1.80 bits per heavy atom. The number of anilines is 1. The van der Waals surface area contributed by atoms with E-state index < -0.39 is 0 Å². The number of Topliss-reactive ketones (excluding diaryl/α,β-unsaturated/α-hetero) is 2. The molecule has 2 aliphatic carbocycles. The fourth-order valence-corrected chi connectivity index (χ4v) is 4.90. The van der Waals surface area contributed by atoms with Crippen LogP contribution in [0.5, 0.6) is 0 Å². The van der Waals surface area contributed by atoms with Crippen LogP contribution >= 0.6 is 11.6 Å². The van der Waals surface area contributed by atoms with Crippen LogP contribution in [0.2, 0.25) is 5.02 Å². The fraction of sp³-hybridized carbons (Fsp3) is 0.550. The summed E-state index contributed by atoms with van der Waals surface area (Å²) in [5.74, 6) is 0.154. The number of benzene rings is 1. The second kappa shape index (κ2) is 6.56. The Morgan fingerprint density at radius 2 is 1.40 bits per heavy atom. The third-order valence-corrected chi connectivity index (χ3v) is 6.30. The number of carbonyl (C=O) groups is 3. The minimum atomic E-state index is -0.194. The molecule has 3 aliphatic rings. The quantitative estimate of drug-likeness (QED) is 0.815. The van der Waals surface area contributed by atoms with Crippen molar-refractivity contribution in [2.45, 2.75) is 63.2 Å². The summed E-state index contributed by atoms with van der Waals surface area (Å²) in [5, 5.41) is 0.566. The summed E-state index contributed by atoms with van der Waals surface area (Å²) in [7, 11) is 0. The third kappa shape index (κ3) is 2.91. The molecule has 25 heavy (non-hydrogen) atoms. The van der Waals surface area contributed by atoms with Gasteiger partial charge in [0.2, 0.25) is 5.91 Å². The largest absolute Gasteiger partial charge is 0.312 e. The van der Waals surface area contributed by atoms with E-state index in [0.717, 1.165) is 48.9 Å². The van der Waals surface area contributed by atoms with Crippen LogP contribution in [0.4, 0.5) is 5.69 Å². The van der Waals surface area contributed by atoms with Crippen LogP contribution in [0.25, 0.3) is 0 Å². The van der Waals surface area contributed by atoms with Crippen molar-refractivity contribution in [1.82, 2.24) is 0 Å². The van der Waals surface area contributed by atoms with E-state index in [1.54, 1.807) is 4.90 Å². The van der Waals surface area contributed by atoms with Crippen molar-refractivity contribution in [2.24, 2.45) is 0 Å². The number of nitrogens with zero attached hydrogens (tertiary/aromatic N) is 1. The average molecular weight is 360 g/mol. The molecule has 1 aliphatic heterocycles. The van der Waals surface area contributed by atoms with Crippen molar-refractivity contribution in [3.05, 3.63) is 28.3 Å². The van der Waals surface area contributed by atoms with Crippen LogP contribution in [0.3, 0.4) is 0 Å². The van der Waals surface area contributed by atoms with Gasteiger partial charge in [0.1, 0.15) is 11.6 Å². The highest BCUT2D eigenvalue weighted by Gasteiger charge is 2.34. The summed E-state index contributed by atoms with van der Waals surface area (Å²) in [6.07, 6.45) is 5.93. The van der Waals surface area contributed by atoms with E-state index in [1.807, 2.05) is 12.1 Å². The van der Waals surface area contributed by atoms with Gasteiger partial charge in [-0.25, -0.2) is 0 Å². The van der Waals surface area contributed by atoms with Gasteiger partial charge in [-0.2, -0.15) is 0 Å². The second-order valence-electron chi connectivity index (χ2n) is 7.41. The standard InChI is InChI=1S/C20H22ClNO3/c21-20-15(13-4-1-6-17(13)23)10-12(22-9-3-8-19(22)25)11-16(20)14-5-2-7-18(14)24/h10-11,13-14H,1-9H2. The first-order valence-electron chi connectivity index (χ1n) is 9.25. The molecule has 1 amide bonds. The van der Waals surface area contributed by atoms with E-state index in [9.17, 15) is 14.4 Å². The zero-order valence-electron chi connectivity index (χ0n) is 14.2. The summed E-state index contributed by atoms with van der Waals surface area (Å²) in [6.45, 7) is 0.691. The van der Waals surface area contributed by atoms with E-state index in [2.05, 4.69) is 0 Å². The lowest BCUT2D eigenvalue weighted by Crippen LogP contribution is -2.24. The molecular weight excluding hydrogens is 338 g/mol. The number of halogens is 1. The van der Waals surface area contributed by atoms with Gasteiger partial charge < -0.3 is 4.90 Å². The van der Waals surface area contributed by atoms with Crippen LogP contribution in [-0.4, -0.2) is 24.0 Å². The highest BCUT2D eigenvalue weighted by Crippen LogP contribution is 2.44. The zero-order valence-corrected chi connectivity index (χ0v) is 15.0. The molecule has 132 valence electrons. The number of rotatable bonds is 3. The van der Waals surface area contributed by atoms with E-state index in [1.165, 1.54) is 0 Å². The third-order valence-electron chi connectivity index (χ3n) is 5.86. The SMILES string of the molecule is O=C1CCCC1c1cc(N2CCCC2=O)cc(C2CCCC2=O)c1Cl. The Hall–Kier alpha value is -1.68. The van der Waals surface area contributed by atoms with Gasteiger partial charge in [-0.3, -0.25) is 14.4 Å². The van der Waals surface area contributed by atoms with E-state index in [0.29, 0.717) is 30.8 Å². The Kier molecular flexibility index (Phi) is 4.40. The Labute approximate surface area is 152 Å². The molecule has 1 aromatic carbocycles. The van der Waals surface area contributed by atoms with E-state index in [-0.39, 0.29) is 29.3 Å². The van der Waals surface area contributed by atoms with Crippen molar-refractivity contribution < 1.29 is 14.4 Å². The van der Waals surface area contributed by atoms with Crippen molar-refractivity contribution in [1.29, 1.82) is 0 Å². The van der Waals surface area contributed by atoms with Crippen molar-refractivity contribution >= 4 is 34.8 Å². The topological polar surface area (TPSA) is 54.5 Å². The lowest BCUT2D eigenvalue weighted by Gasteiger charge is -2.23. The highest BCUT2D eigenvalue weighted by atomic mass is 35.5. The molecule has 0 aromatic heterocycles. The monoisotopic (exact) mass is 359 g/mol. The smallest absolute Gasteiger partial charge is 0.227 e. The number of amides is 1. The van der Waals surface area contributed by atoms with Crippen LogP contribution in [0.1, 0.15) is 74.3 Å². The molecule has 2 unspecified atom stereocenters. The maximum atomic E-state index is 12.3. The number of carbonyl (C=O) groups excluding carboxylic acids is 3. The van der Waals surface area contributed by atoms with Gasteiger partial charge in [-0.05, 0) is 55.4 Å². The van der Waals surface area contributed by atoms with Crippen LogP contribution < -0.4 is 4.90 Å². The van der Waals surface area contributed by atoms with Crippen LogP contribution in [-0.2, 0) is 14.4 Å². The van der Waals surface area contributed by atoms with Crippen molar-refractivity contribution in [3.8, 4) is 0 Å². The fourth-order valence-electron chi connectivity index (χ4n) is 4.53. The van der Waals surface area contributed by atoms with Gasteiger partial charge in [-0.1, -0.05) is 11.6 Å². The number of ketones is 2. The second-order valence-corrected chi connectivity index (χ2v) is 7.79. The van der Waals surface area contributed by atoms with Gasteiger partial charge in [0.15, 0.2) is 0 Å². The minimum Gasteiger partial charge on any atom is -0.312 e. The lowest BCUT2D eigenvalue weighted by atomic mass is 9.89. The predicted octanol–water partition coefficient (Wildman–Crippen LogP) is 4.14. The molecule has 0 spiro atoms.